The molecular formula is C10H9F3N2. The molecule has 1 heterocycles. The molecule has 0 radical (unpaired) electrons. The topological polar surface area (TPSA) is 47.9 Å². The van der Waals surface area contributed by atoms with E-state index in [0.29, 0.717) is 5.52 Å². The molecule has 1 aromatic carbocycles. The van der Waals surface area contributed by atoms with Gasteiger partial charge in [-0.05, 0) is 12.1 Å². The first-order chi connectivity index (χ1) is 6.59. The van der Waals surface area contributed by atoms with Crippen molar-refractivity contribution >= 4 is 10.9 Å². The molecule has 0 amide bonds. The van der Waals surface area contributed by atoms with Crippen molar-refractivity contribution in [2.75, 3.05) is 0 Å². The van der Waals surface area contributed by atoms with Gasteiger partial charge >= 0.3 is 6.18 Å². The van der Waals surface area contributed by atoms with Crippen LogP contribution in [0, 0.1) is 0 Å². The van der Waals surface area contributed by atoms with Crippen LogP contribution in [-0.4, -0.2) is 4.98 Å². The maximum atomic E-state index is 12.5. The van der Waals surface area contributed by atoms with Crippen molar-refractivity contribution in [2.45, 2.75) is 6.18 Å². The second-order valence-electron chi connectivity index (χ2n) is 2.87. The molecule has 0 aliphatic heterocycles. The molecular weight excluding hydrogens is 205 g/mol. The minimum absolute atomic E-state index is 0. The highest BCUT2D eigenvalue weighted by molar-refractivity contribution is 5.82. The average Bonchev–Trinajstić information content (AvgIpc) is 2.15. The molecule has 0 spiro atoms. The fourth-order valence-corrected chi connectivity index (χ4v) is 1.34. The molecule has 0 fully saturated rings. The molecule has 0 bridgehead atoms. The van der Waals surface area contributed by atoms with Gasteiger partial charge in [-0.15, -0.1) is 0 Å². The predicted octanol–water partition coefficient (Wildman–Crippen LogP) is 3.42. The number of para-hydroxylation sites is 1. The standard InChI is InChI=1S/C10H6F3N.H3N/c11-10(12,13)8-5-6-14-9-4-2-1-3-7(8)9;/h1-6H;1H3. The number of hydrogen-bond acceptors (Lipinski definition) is 2. The van der Waals surface area contributed by atoms with Crippen molar-refractivity contribution < 1.29 is 13.2 Å². The number of pyridine rings is 1. The van der Waals surface area contributed by atoms with Gasteiger partial charge in [-0.1, -0.05) is 18.2 Å². The molecule has 1 aromatic heterocycles. The summed E-state index contributed by atoms with van der Waals surface area (Å²) in [7, 11) is 0. The molecule has 5 heteroatoms. The Balaban J connectivity index is 0.00000112. The molecule has 15 heavy (non-hydrogen) atoms. The number of fused-ring (bicyclic) bond motifs is 1. The van der Waals surface area contributed by atoms with Crippen LogP contribution in [0.3, 0.4) is 0 Å². The van der Waals surface area contributed by atoms with E-state index in [-0.39, 0.29) is 11.5 Å². The molecule has 0 aliphatic carbocycles. The van der Waals surface area contributed by atoms with Crippen molar-refractivity contribution in [1.29, 1.82) is 0 Å². The zero-order valence-corrected chi connectivity index (χ0v) is 7.75. The van der Waals surface area contributed by atoms with E-state index >= 15 is 0 Å². The third-order valence-electron chi connectivity index (χ3n) is 1.95. The van der Waals surface area contributed by atoms with Gasteiger partial charge in [0.2, 0.25) is 0 Å². The Labute approximate surface area is 84.3 Å². The second kappa shape index (κ2) is 3.86. The summed E-state index contributed by atoms with van der Waals surface area (Å²) in [5, 5.41) is 0.141. The number of halogens is 3. The van der Waals surface area contributed by atoms with E-state index in [1.165, 1.54) is 12.3 Å². The van der Waals surface area contributed by atoms with Gasteiger partial charge in [0.25, 0.3) is 0 Å². The second-order valence-corrected chi connectivity index (χ2v) is 2.87. The minimum Gasteiger partial charge on any atom is -0.344 e. The normalized spacial score (nSPS) is 11.1. The van der Waals surface area contributed by atoms with Crippen LogP contribution >= 0.6 is 0 Å². The number of benzene rings is 1. The van der Waals surface area contributed by atoms with Crippen LogP contribution in [0.4, 0.5) is 13.2 Å². The molecule has 2 aromatic rings. The van der Waals surface area contributed by atoms with Gasteiger partial charge in [0.15, 0.2) is 0 Å². The Bertz CT molecular complexity index is 460. The van der Waals surface area contributed by atoms with Gasteiger partial charge in [0, 0.05) is 11.6 Å². The molecule has 2 nitrogen and oxygen atoms in total. The highest BCUT2D eigenvalue weighted by Gasteiger charge is 2.32. The van der Waals surface area contributed by atoms with Crippen LogP contribution in [0.2, 0.25) is 0 Å². The van der Waals surface area contributed by atoms with Crippen LogP contribution in [0.15, 0.2) is 36.5 Å². The Hall–Kier alpha value is -1.62. The fraction of sp³-hybridized carbons (Fsp3) is 0.100. The smallest absolute Gasteiger partial charge is 0.344 e. The molecule has 80 valence electrons. The number of rotatable bonds is 0. The number of aromatic nitrogens is 1. The lowest BCUT2D eigenvalue weighted by Crippen LogP contribution is -2.05. The van der Waals surface area contributed by atoms with Gasteiger partial charge in [0.1, 0.15) is 0 Å². The summed E-state index contributed by atoms with van der Waals surface area (Å²) in [5.74, 6) is 0. The van der Waals surface area contributed by atoms with Crippen molar-refractivity contribution in [3.8, 4) is 0 Å². The summed E-state index contributed by atoms with van der Waals surface area (Å²) in [6.07, 6.45) is -3.15. The third kappa shape index (κ3) is 2.07. The third-order valence-corrected chi connectivity index (χ3v) is 1.95. The largest absolute Gasteiger partial charge is 0.417 e. The Morgan fingerprint density at radius 2 is 1.67 bits per heavy atom. The first-order valence-electron chi connectivity index (χ1n) is 4.00. The van der Waals surface area contributed by atoms with E-state index in [9.17, 15) is 13.2 Å². The van der Waals surface area contributed by atoms with Gasteiger partial charge in [-0.25, -0.2) is 0 Å². The summed E-state index contributed by atoms with van der Waals surface area (Å²) in [4.78, 5) is 3.86. The molecule has 0 saturated heterocycles. The van der Waals surface area contributed by atoms with E-state index in [1.807, 2.05) is 0 Å². The molecule has 2 rings (SSSR count). The van der Waals surface area contributed by atoms with Gasteiger partial charge < -0.3 is 6.15 Å². The van der Waals surface area contributed by atoms with E-state index in [0.717, 1.165) is 6.07 Å². The summed E-state index contributed by atoms with van der Waals surface area (Å²) in [5.41, 5.74) is -0.273. The van der Waals surface area contributed by atoms with Crippen molar-refractivity contribution in [1.82, 2.24) is 11.1 Å². The van der Waals surface area contributed by atoms with Crippen LogP contribution in [0.5, 0.6) is 0 Å². The lowest BCUT2D eigenvalue weighted by atomic mass is 10.1. The maximum absolute atomic E-state index is 12.5. The van der Waals surface area contributed by atoms with Crippen molar-refractivity contribution in [2.24, 2.45) is 0 Å². The number of alkyl halides is 3. The van der Waals surface area contributed by atoms with Gasteiger partial charge in [-0.3, -0.25) is 4.98 Å². The summed E-state index contributed by atoms with van der Waals surface area (Å²) < 4.78 is 37.5. The summed E-state index contributed by atoms with van der Waals surface area (Å²) >= 11 is 0. The maximum Gasteiger partial charge on any atom is 0.417 e. The predicted molar refractivity (Wildman–Crippen MR) is 51.8 cm³/mol. The van der Waals surface area contributed by atoms with Crippen molar-refractivity contribution in [3.63, 3.8) is 0 Å². The van der Waals surface area contributed by atoms with Crippen LogP contribution in [0.25, 0.3) is 10.9 Å². The van der Waals surface area contributed by atoms with E-state index < -0.39 is 11.7 Å². The van der Waals surface area contributed by atoms with Gasteiger partial charge in [-0.2, -0.15) is 13.2 Å². The Kier molecular flexibility index (Phi) is 2.95. The molecule has 0 atom stereocenters. The fourth-order valence-electron chi connectivity index (χ4n) is 1.34. The van der Waals surface area contributed by atoms with Crippen LogP contribution in [-0.2, 0) is 6.18 Å². The Morgan fingerprint density at radius 3 is 2.33 bits per heavy atom. The number of hydrogen-bond donors (Lipinski definition) is 1. The number of nitrogens with zero attached hydrogens (tertiary/aromatic N) is 1. The molecule has 0 unspecified atom stereocenters. The molecule has 3 N–H and O–H groups in total. The first-order valence-corrected chi connectivity index (χ1v) is 4.00. The molecule has 0 saturated carbocycles. The SMILES string of the molecule is FC(F)(F)c1ccnc2ccccc12.N. The Morgan fingerprint density at radius 1 is 1.00 bits per heavy atom. The highest BCUT2D eigenvalue weighted by atomic mass is 19.4. The van der Waals surface area contributed by atoms with Crippen LogP contribution in [0.1, 0.15) is 5.56 Å². The zero-order chi connectivity index (χ0) is 10.2. The van der Waals surface area contributed by atoms with E-state index in [4.69, 9.17) is 0 Å². The lowest BCUT2D eigenvalue weighted by Gasteiger charge is -2.08. The van der Waals surface area contributed by atoms with Crippen LogP contribution < -0.4 is 6.15 Å². The monoisotopic (exact) mass is 214 g/mol. The van der Waals surface area contributed by atoms with Gasteiger partial charge in [0.05, 0.1) is 11.1 Å². The summed E-state index contributed by atoms with van der Waals surface area (Å²) in [6.45, 7) is 0. The summed E-state index contributed by atoms with van der Waals surface area (Å²) in [6, 6.07) is 7.20. The zero-order valence-electron chi connectivity index (χ0n) is 7.75. The minimum atomic E-state index is -4.32. The van der Waals surface area contributed by atoms with Crippen molar-refractivity contribution in [3.05, 3.63) is 42.1 Å². The van der Waals surface area contributed by atoms with E-state index in [1.54, 1.807) is 18.2 Å². The quantitative estimate of drug-likeness (QED) is 0.730. The first kappa shape index (κ1) is 11.5. The highest BCUT2D eigenvalue weighted by Crippen LogP contribution is 2.33. The van der Waals surface area contributed by atoms with E-state index in [2.05, 4.69) is 4.98 Å². The average molecular weight is 214 g/mol. The lowest BCUT2D eigenvalue weighted by molar-refractivity contribution is -0.136. The molecule has 0 aliphatic rings.